The number of rotatable bonds is 3. The molecular formula is C22H16BrClN2OS. The molecule has 3 aromatic carbocycles. The molecule has 0 saturated heterocycles. The highest BCUT2D eigenvalue weighted by atomic mass is 79.9. The molecule has 4 aromatic rings. The van der Waals surface area contributed by atoms with E-state index in [0.29, 0.717) is 15.4 Å². The monoisotopic (exact) mass is 470 g/mol. The van der Waals surface area contributed by atoms with Crippen LogP contribution in [-0.4, -0.2) is 10.5 Å². The number of carbonyl (C=O) groups excluding carboxylic acids is 1. The molecule has 0 bridgehead atoms. The summed E-state index contributed by atoms with van der Waals surface area (Å²) < 4.78 is 1.99. The first-order chi connectivity index (χ1) is 13.2. The van der Waals surface area contributed by atoms with Gasteiger partial charge < -0.3 is 0 Å². The van der Waals surface area contributed by atoms with Crippen LogP contribution in [0.15, 0.2) is 95.3 Å². The molecule has 0 unspecified atom stereocenters. The minimum Gasteiger partial charge on any atom is -0.285 e. The third kappa shape index (κ3) is 4.33. The normalized spacial score (nSPS) is 11.1. The fourth-order valence-electron chi connectivity index (χ4n) is 2.77. The highest BCUT2D eigenvalue weighted by Crippen LogP contribution is 2.25. The number of hydrogen-bond donors (Lipinski definition) is 0. The third-order valence-corrected chi connectivity index (χ3v) is 5.16. The van der Waals surface area contributed by atoms with Crippen LogP contribution >= 0.6 is 39.9 Å². The van der Waals surface area contributed by atoms with Crippen molar-refractivity contribution < 1.29 is 4.79 Å². The average molecular weight is 472 g/mol. The Hall–Kier alpha value is -2.47. The van der Waals surface area contributed by atoms with Gasteiger partial charge in [0.1, 0.15) is 0 Å². The number of hydrogen-bond acceptors (Lipinski definition) is 2. The maximum atomic E-state index is 12.6. The summed E-state index contributed by atoms with van der Waals surface area (Å²) in [5, 5.41) is 2.69. The number of benzene rings is 3. The molecule has 0 N–H and O–H groups in total. The topological polar surface area (TPSA) is 34.4 Å². The third-order valence-electron chi connectivity index (χ3n) is 4.08. The second kappa shape index (κ2) is 9.15. The number of nitrogens with zero attached hydrogens (tertiary/aromatic N) is 2. The summed E-state index contributed by atoms with van der Waals surface area (Å²) in [7, 11) is 0. The van der Waals surface area contributed by atoms with Gasteiger partial charge in [-0.1, -0.05) is 60.1 Å². The summed E-state index contributed by atoms with van der Waals surface area (Å²) >= 11 is 7.47. The van der Waals surface area contributed by atoms with Gasteiger partial charge in [0.25, 0.3) is 5.91 Å². The predicted octanol–water partition coefficient (Wildman–Crippen LogP) is 6.18. The Morgan fingerprint density at radius 3 is 2.11 bits per heavy atom. The van der Waals surface area contributed by atoms with Gasteiger partial charge in [0.05, 0.1) is 5.69 Å². The number of amides is 1. The first kappa shape index (κ1) is 20.3. The summed E-state index contributed by atoms with van der Waals surface area (Å²) in [6, 6.07) is 26.6. The summed E-state index contributed by atoms with van der Waals surface area (Å²) in [5.41, 5.74) is 3.48. The number of carbonyl (C=O) groups is 1. The van der Waals surface area contributed by atoms with Gasteiger partial charge in [-0.2, -0.15) is 4.99 Å². The molecular weight excluding hydrogens is 456 g/mol. The van der Waals surface area contributed by atoms with E-state index in [2.05, 4.69) is 4.99 Å². The molecule has 0 aliphatic heterocycles. The second-order valence-electron chi connectivity index (χ2n) is 5.86. The molecule has 1 amide bonds. The number of para-hydroxylation sites is 1. The van der Waals surface area contributed by atoms with Crippen molar-refractivity contribution in [2.75, 3.05) is 0 Å². The van der Waals surface area contributed by atoms with Crippen molar-refractivity contribution in [2.24, 2.45) is 4.99 Å². The van der Waals surface area contributed by atoms with Crippen LogP contribution in [0.1, 0.15) is 10.4 Å². The molecule has 1 heterocycles. The standard InChI is InChI=1S/C22H15ClN2OS.BrH/c23-18-13-11-16(12-14-18)20-15-27-22(25(20)19-9-5-2-6-10-19)24-21(26)17-7-3-1-4-8-17;/h1-15H;1H. The van der Waals surface area contributed by atoms with Crippen LogP contribution in [0, 0.1) is 0 Å². The van der Waals surface area contributed by atoms with E-state index in [-0.39, 0.29) is 22.9 Å². The Balaban J connectivity index is 0.00000225. The fraction of sp³-hybridized carbons (Fsp3) is 0. The number of halogens is 2. The SMILES string of the molecule is Br.O=C(N=c1scc(-c2ccc(Cl)cc2)n1-c1ccccc1)c1ccccc1. The summed E-state index contributed by atoms with van der Waals surface area (Å²) in [4.78, 5) is 17.6. The van der Waals surface area contributed by atoms with E-state index in [1.54, 1.807) is 12.1 Å². The smallest absolute Gasteiger partial charge is 0.279 e. The van der Waals surface area contributed by atoms with Gasteiger partial charge in [-0.25, -0.2) is 0 Å². The van der Waals surface area contributed by atoms with Gasteiger partial charge in [-0.15, -0.1) is 28.3 Å². The zero-order chi connectivity index (χ0) is 18.6. The van der Waals surface area contributed by atoms with Crippen molar-refractivity contribution >= 4 is 45.8 Å². The summed E-state index contributed by atoms with van der Waals surface area (Å²) in [5.74, 6) is -0.259. The Morgan fingerprint density at radius 1 is 0.857 bits per heavy atom. The maximum Gasteiger partial charge on any atom is 0.279 e. The highest BCUT2D eigenvalue weighted by Gasteiger charge is 2.12. The minimum atomic E-state index is -0.259. The van der Waals surface area contributed by atoms with Crippen LogP contribution in [0.25, 0.3) is 16.9 Å². The fourth-order valence-corrected chi connectivity index (χ4v) is 3.80. The van der Waals surface area contributed by atoms with Crippen LogP contribution in [0.3, 0.4) is 0 Å². The lowest BCUT2D eigenvalue weighted by Gasteiger charge is -2.09. The zero-order valence-electron chi connectivity index (χ0n) is 14.7. The molecule has 0 aliphatic rings. The molecule has 0 atom stereocenters. The zero-order valence-corrected chi connectivity index (χ0v) is 17.9. The second-order valence-corrected chi connectivity index (χ2v) is 7.14. The summed E-state index contributed by atoms with van der Waals surface area (Å²) in [6.45, 7) is 0. The van der Waals surface area contributed by atoms with Crippen molar-refractivity contribution in [3.05, 3.63) is 106 Å². The van der Waals surface area contributed by atoms with Gasteiger partial charge in [0.15, 0.2) is 4.80 Å². The molecule has 0 spiro atoms. The Bertz CT molecular complexity index is 1140. The van der Waals surface area contributed by atoms with Gasteiger partial charge in [0, 0.05) is 21.7 Å². The van der Waals surface area contributed by atoms with E-state index in [9.17, 15) is 4.79 Å². The van der Waals surface area contributed by atoms with Crippen molar-refractivity contribution in [1.29, 1.82) is 0 Å². The van der Waals surface area contributed by atoms with Crippen LogP contribution in [0.4, 0.5) is 0 Å². The van der Waals surface area contributed by atoms with E-state index in [1.807, 2.05) is 82.7 Å². The molecule has 0 saturated carbocycles. The molecule has 0 fully saturated rings. The van der Waals surface area contributed by atoms with Crippen molar-refractivity contribution in [3.8, 4) is 16.9 Å². The van der Waals surface area contributed by atoms with E-state index < -0.39 is 0 Å². The maximum absolute atomic E-state index is 12.6. The van der Waals surface area contributed by atoms with E-state index >= 15 is 0 Å². The Kier molecular flexibility index (Phi) is 6.62. The number of aromatic nitrogens is 1. The largest absolute Gasteiger partial charge is 0.285 e. The van der Waals surface area contributed by atoms with Gasteiger partial charge >= 0.3 is 0 Å². The lowest BCUT2D eigenvalue weighted by Crippen LogP contribution is -2.16. The predicted molar refractivity (Wildman–Crippen MR) is 121 cm³/mol. The van der Waals surface area contributed by atoms with Crippen LogP contribution in [0.5, 0.6) is 0 Å². The highest BCUT2D eigenvalue weighted by molar-refractivity contribution is 8.93. The lowest BCUT2D eigenvalue weighted by molar-refractivity contribution is 0.0998. The minimum absolute atomic E-state index is 0. The number of thiazole rings is 1. The molecule has 4 rings (SSSR count). The molecule has 0 radical (unpaired) electrons. The van der Waals surface area contributed by atoms with Crippen molar-refractivity contribution in [2.45, 2.75) is 0 Å². The molecule has 0 aliphatic carbocycles. The molecule has 3 nitrogen and oxygen atoms in total. The van der Waals surface area contributed by atoms with E-state index in [1.165, 1.54) is 11.3 Å². The first-order valence-electron chi connectivity index (χ1n) is 8.38. The van der Waals surface area contributed by atoms with Crippen molar-refractivity contribution in [1.82, 2.24) is 4.57 Å². The summed E-state index contributed by atoms with van der Waals surface area (Å²) in [6.07, 6.45) is 0. The van der Waals surface area contributed by atoms with Gasteiger partial charge in [0.2, 0.25) is 0 Å². The van der Waals surface area contributed by atoms with Crippen LogP contribution in [-0.2, 0) is 0 Å². The molecule has 6 heteroatoms. The molecule has 1 aromatic heterocycles. The van der Waals surface area contributed by atoms with Gasteiger partial charge in [-0.05, 0) is 42.0 Å². The van der Waals surface area contributed by atoms with Crippen molar-refractivity contribution in [3.63, 3.8) is 0 Å². The van der Waals surface area contributed by atoms with Gasteiger partial charge in [-0.3, -0.25) is 9.36 Å². The average Bonchev–Trinajstić information content (AvgIpc) is 3.13. The quantitative estimate of drug-likeness (QED) is 0.351. The lowest BCUT2D eigenvalue weighted by atomic mass is 10.1. The van der Waals surface area contributed by atoms with Crippen LogP contribution < -0.4 is 4.80 Å². The molecule has 28 heavy (non-hydrogen) atoms. The van der Waals surface area contributed by atoms with E-state index in [0.717, 1.165) is 16.9 Å². The van der Waals surface area contributed by atoms with E-state index in [4.69, 9.17) is 11.6 Å². The Labute approximate surface area is 182 Å². The van der Waals surface area contributed by atoms with Crippen LogP contribution in [0.2, 0.25) is 5.02 Å². The Morgan fingerprint density at radius 2 is 1.46 bits per heavy atom. The first-order valence-corrected chi connectivity index (χ1v) is 9.64. The molecule has 140 valence electrons.